The Balaban J connectivity index is 1.79. The summed E-state index contributed by atoms with van der Waals surface area (Å²) < 4.78 is 5.21. The summed E-state index contributed by atoms with van der Waals surface area (Å²) in [5, 5.41) is 23.1. The van der Waals surface area contributed by atoms with Gasteiger partial charge in [0.15, 0.2) is 0 Å². The Labute approximate surface area is 120 Å². The van der Waals surface area contributed by atoms with Crippen LogP contribution in [0.5, 0.6) is 0 Å². The molecular formula is C12H16BNO5S. The normalized spacial score (nSPS) is 22.6. The molecule has 2 atom stereocenters. The number of carbonyl (C=O) groups excluding carboxylic acids is 1. The number of hydrogen-bond acceptors (Lipinski definition) is 5. The summed E-state index contributed by atoms with van der Waals surface area (Å²) in [7, 11) is -1.15. The van der Waals surface area contributed by atoms with E-state index in [4.69, 9.17) is 9.76 Å². The highest BCUT2D eigenvalue weighted by molar-refractivity contribution is 7.10. The van der Waals surface area contributed by atoms with Crippen molar-refractivity contribution < 1.29 is 24.4 Å². The molecular weight excluding hydrogens is 281 g/mol. The van der Waals surface area contributed by atoms with Crippen LogP contribution in [0, 0.1) is 0 Å². The topological polar surface area (TPSA) is 95.9 Å². The highest BCUT2D eigenvalue weighted by atomic mass is 32.1. The van der Waals surface area contributed by atoms with Crippen LogP contribution in [0.1, 0.15) is 24.1 Å². The van der Waals surface area contributed by atoms with E-state index in [2.05, 4.69) is 5.32 Å². The van der Waals surface area contributed by atoms with Crippen LogP contribution in [0.15, 0.2) is 17.5 Å². The molecule has 0 bridgehead atoms. The second-order valence-electron chi connectivity index (χ2n) is 4.75. The summed E-state index contributed by atoms with van der Waals surface area (Å²) >= 11 is 1.50. The standard InChI is InChI=1S/C12H16BNO5S/c15-11(7-9-2-1-5-20-9)14-10-4-3-8(6-12(16)17)19-13(10)18/h1-2,5,8,10,18H,3-4,6-7H2,(H,14,15)(H,16,17)/t8-,10-/m1/s1. The first-order valence-corrected chi connectivity index (χ1v) is 7.29. The van der Waals surface area contributed by atoms with Gasteiger partial charge < -0.3 is 20.1 Å². The molecule has 1 aliphatic rings. The number of carboxylic acids is 1. The molecule has 0 aromatic carbocycles. The van der Waals surface area contributed by atoms with Crippen molar-refractivity contribution >= 4 is 30.3 Å². The van der Waals surface area contributed by atoms with Crippen LogP contribution < -0.4 is 5.32 Å². The average molecular weight is 297 g/mol. The highest BCUT2D eigenvalue weighted by Crippen LogP contribution is 2.19. The van der Waals surface area contributed by atoms with Gasteiger partial charge >= 0.3 is 13.1 Å². The minimum absolute atomic E-state index is 0.132. The largest absolute Gasteiger partial charge is 0.481 e. The molecule has 1 aromatic heterocycles. The molecule has 0 aliphatic carbocycles. The van der Waals surface area contributed by atoms with Gasteiger partial charge in [0.05, 0.1) is 24.9 Å². The first-order valence-electron chi connectivity index (χ1n) is 6.41. The van der Waals surface area contributed by atoms with Gasteiger partial charge in [0.2, 0.25) is 5.91 Å². The fourth-order valence-electron chi connectivity index (χ4n) is 2.19. The van der Waals surface area contributed by atoms with Crippen LogP contribution in [0.4, 0.5) is 0 Å². The molecule has 0 unspecified atom stereocenters. The Morgan fingerprint density at radius 1 is 1.50 bits per heavy atom. The SMILES string of the molecule is O=C(O)C[C@H]1CC[C@@H](NC(=O)Cc2cccs2)B(O)O1. The van der Waals surface area contributed by atoms with E-state index in [1.807, 2.05) is 17.5 Å². The van der Waals surface area contributed by atoms with Crippen molar-refractivity contribution in [3.05, 3.63) is 22.4 Å². The highest BCUT2D eigenvalue weighted by Gasteiger charge is 2.36. The van der Waals surface area contributed by atoms with Gasteiger partial charge in [0.25, 0.3) is 0 Å². The molecule has 0 saturated carbocycles. The lowest BCUT2D eigenvalue weighted by atomic mass is 9.72. The number of nitrogens with one attached hydrogen (secondary N) is 1. The monoisotopic (exact) mass is 297 g/mol. The van der Waals surface area contributed by atoms with E-state index in [-0.39, 0.29) is 18.7 Å². The molecule has 2 rings (SSSR count). The van der Waals surface area contributed by atoms with Gasteiger partial charge in [0, 0.05) is 4.88 Å². The maximum atomic E-state index is 11.8. The number of aliphatic carboxylic acids is 1. The number of thiophene rings is 1. The third kappa shape index (κ3) is 4.33. The molecule has 6 nitrogen and oxygen atoms in total. The number of carboxylic acid groups (broad SMARTS) is 1. The summed E-state index contributed by atoms with van der Waals surface area (Å²) in [4.78, 5) is 23.4. The van der Waals surface area contributed by atoms with Gasteiger partial charge in [-0.3, -0.25) is 9.59 Å². The Hall–Kier alpha value is -1.38. The number of carbonyl (C=O) groups is 2. The summed E-state index contributed by atoms with van der Waals surface area (Å²) in [6.07, 6.45) is 0.669. The Morgan fingerprint density at radius 3 is 2.90 bits per heavy atom. The molecule has 8 heteroatoms. The molecule has 1 aliphatic heterocycles. The second kappa shape index (κ2) is 6.87. The van der Waals surface area contributed by atoms with Gasteiger partial charge in [-0.15, -0.1) is 11.3 Å². The van der Waals surface area contributed by atoms with Crippen molar-refractivity contribution in [3.8, 4) is 0 Å². The van der Waals surface area contributed by atoms with Gasteiger partial charge in [-0.1, -0.05) is 6.07 Å². The molecule has 3 N–H and O–H groups in total. The van der Waals surface area contributed by atoms with Crippen molar-refractivity contribution in [1.82, 2.24) is 5.32 Å². The van der Waals surface area contributed by atoms with Crippen LogP contribution in [-0.2, 0) is 20.7 Å². The van der Waals surface area contributed by atoms with E-state index in [1.165, 1.54) is 11.3 Å². The van der Waals surface area contributed by atoms with E-state index < -0.39 is 25.1 Å². The molecule has 0 radical (unpaired) electrons. The third-order valence-electron chi connectivity index (χ3n) is 3.14. The maximum Gasteiger partial charge on any atom is 0.478 e. The number of rotatable bonds is 5. The zero-order chi connectivity index (χ0) is 14.5. The molecule has 1 saturated heterocycles. The van der Waals surface area contributed by atoms with Crippen molar-refractivity contribution in [1.29, 1.82) is 0 Å². The van der Waals surface area contributed by atoms with Crippen LogP contribution in [0.3, 0.4) is 0 Å². The lowest BCUT2D eigenvalue weighted by molar-refractivity contribution is -0.139. The van der Waals surface area contributed by atoms with Crippen molar-refractivity contribution in [2.75, 3.05) is 0 Å². The van der Waals surface area contributed by atoms with Crippen molar-refractivity contribution in [2.45, 2.75) is 37.7 Å². The minimum atomic E-state index is -1.15. The van der Waals surface area contributed by atoms with Gasteiger partial charge in [-0.2, -0.15) is 0 Å². The van der Waals surface area contributed by atoms with Crippen molar-refractivity contribution in [3.63, 3.8) is 0 Å². The summed E-state index contributed by atoms with van der Waals surface area (Å²) in [6.45, 7) is 0. The molecule has 0 spiro atoms. The van der Waals surface area contributed by atoms with E-state index in [0.29, 0.717) is 12.8 Å². The predicted molar refractivity (Wildman–Crippen MR) is 74.3 cm³/mol. The summed E-state index contributed by atoms with van der Waals surface area (Å²) in [5.74, 6) is -1.60. The number of amides is 1. The first-order chi connectivity index (χ1) is 9.54. The Morgan fingerprint density at radius 2 is 2.30 bits per heavy atom. The maximum absolute atomic E-state index is 11.8. The second-order valence-corrected chi connectivity index (χ2v) is 5.79. The zero-order valence-corrected chi connectivity index (χ0v) is 11.6. The Bertz CT molecular complexity index is 466. The van der Waals surface area contributed by atoms with E-state index in [1.54, 1.807) is 0 Å². The molecule has 2 heterocycles. The van der Waals surface area contributed by atoms with E-state index in [9.17, 15) is 14.6 Å². The zero-order valence-electron chi connectivity index (χ0n) is 10.8. The van der Waals surface area contributed by atoms with E-state index >= 15 is 0 Å². The minimum Gasteiger partial charge on any atom is -0.481 e. The molecule has 20 heavy (non-hydrogen) atoms. The quantitative estimate of drug-likeness (QED) is 0.686. The lowest BCUT2D eigenvalue weighted by Gasteiger charge is -2.30. The Kier molecular flexibility index (Phi) is 5.16. The van der Waals surface area contributed by atoms with E-state index in [0.717, 1.165) is 4.88 Å². The van der Waals surface area contributed by atoms with Crippen LogP contribution in [0.2, 0.25) is 0 Å². The molecule has 1 amide bonds. The van der Waals surface area contributed by atoms with Gasteiger partial charge in [-0.05, 0) is 24.3 Å². The smallest absolute Gasteiger partial charge is 0.478 e. The van der Waals surface area contributed by atoms with Gasteiger partial charge in [-0.25, -0.2) is 0 Å². The summed E-state index contributed by atoms with van der Waals surface area (Å²) in [5.41, 5.74) is 0. The van der Waals surface area contributed by atoms with Crippen LogP contribution >= 0.6 is 11.3 Å². The summed E-state index contributed by atoms with van der Waals surface area (Å²) in [6, 6.07) is 3.75. The van der Waals surface area contributed by atoms with Crippen LogP contribution in [-0.4, -0.2) is 41.2 Å². The molecule has 1 fully saturated rings. The third-order valence-corrected chi connectivity index (χ3v) is 4.02. The predicted octanol–water partition coefficient (Wildman–Crippen LogP) is 0.449. The first kappa shape index (κ1) is 15.0. The van der Waals surface area contributed by atoms with Gasteiger partial charge in [0.1, 0.15) is 0 Å². The molecule has 1 aromatic rings. The molecule has 108 valence electrons. The number of hydrogen-bond donors (Lipinski definition) is 3. The fraction of sp³-hybridized carbons (Fsp3) is 0.500. The van der Waals surface area contributed by atoms with Crippen molar-refractivity contribution in [2.24, 2.45) is 0 Å². The fourth-order valence-corrected chi connectivity index (χ4v) is 2.89. The average Bonchev–Trinajstić information content (AvgIpc) is 2.84. The lowest BCUT2D eigenvalue weighted by Crippen LogP contribution is -2.53. The van der Waals surface area contributed by atoms with Crippen LogP contribution in [0.25, 0.3) is 0 Å².